The third-order valence-corrected chi connectivity index (χ3v) is 9.44. The third-order valence-electron chi connectivity index (χ3n) is 9.44. The second-order valence-corrected chi connectivity index (χ2v) is 12.2. The molecular formula is C42H34N6. The van der Waals surface area contributed by atoms with Gasteiger partial charge in [0.2, 0.25) is 0 Å². The monoisotopic (exact) mass is 622 g/mol. The van der Waals surface area contributed by atoms with Crippen molar-refractivity contribution in [2.75, 3.05) is 17.3 Å². The molecule has 2 aromatic heterocycles. The Bertz CT molecular complexity index is 2400. The lowest BCUT2D eigenvalue weighted by Gasteiger charge is -2.24. The van der Waals surface area contributed by atoms with E-state index in [0.29, 0.717) is 5.71 Å². The Morgan fingerprint density at radius 2 is 1.42 bits per heavy atom. The summed E-state index contributed by atoms with van der Waals surface area (Å²) in [4.78, 5) is 7.04. The number of nitrogens with zero attached hydrogens (tertiary/aromatic N) is 5. The van der Waals surface area contributed by atoms with Crippen molar-refractivity contribution >= 4 is 45.1 Å². The molecule has 48 heavy (non-hydrogen) atoms. The highest BCUT2D eigenvalue weighted by Crippen LogP contribution is 2.39. The van der Waals surface area contributed by atoms with Gasteiger partial charge in [-0.3, -0.25) is 0 Å². The molecule has 5 aromatic carbocycles. The van der Waals surface area contributed by atoms with E-state index in [1.807, 2.05) is 24.3 Å². The summed E-state index contributed by atoms with van der Waals surface area (Å²) in [6, 6.07) is 46.6. The first-order valence-electron chi connectivity index (χ1n) is 16.1. The molecule has 1 atom stereocenters. The molecule has 8 rings (SSSR count). The highest BCUT2D eigenvalue weighted by atomic mass is 15.2. The van der Waals surface area contributed by atoms with Gasteiger partial charge in [-0.2, -0.15) is 5.26 Å². The smallest absolute Gasteiger partial charge is 0.149 e. The number of nitrogens with one attached hydrogen (secondary N) is 1. The molecule has 0 saturated heterocycles. The van der Waals surface area contributed by atoms with Gasteiger partial charge in [0.1, 0.15) is 23.8 Å². The molecule has 0 saturated carbocycles. The van der Waals surface area contributed by atoms with E-state index >= 15 is 0 Å². The average molecular weight is 623 g/mol. The van der Waals surface area contributed by atoms with E-state index in [4.69, 9.17) is 4.99 Å². The van der Waals surface area contributed by atoms with Crippen LogP contribution in [0.2, 0.25) is 0 Å². The van der Waals surface area contributed by atoms with Gasteiger partial charge in [0.25, 0.3) is 0 Å². The minimum Gasteiger partial charge on any atom is -0.351 e. The quantitative estimate of drug-likeness (QED) is 0.201. The second kappa shape index (κ2) is 11.8. The molecule has 0 aliphatic carbocycles. The fourth-order valence-electron chi connectivity index (χ4n) is 6.92. The van der Waals surface area contributed by atoms with Crippen LogP contribution in [0.25, 0.3) is 39.3 Å². The largest absolute Gasteiger partial charge is 0.351 e. The number of para-hydroxylation sites is 4. The second-order valence-electron chi connectivity index (χ2n) is 12.2. The Morgan fingerprint density at radius 1 is 0.750 bits per heavy atom. The summed E-state index contributed by atoms with van der Waals surface area (Å²) in [5.74, 6) is 0.899. The predicted molar refractivity (Wildman–Crippen MR) is 198 cm³/mol. The van der Waals surface area contributed by atoms with Crippen LogP contribution in [-0.4, -0.2) is 21.9 Å². The van der Waals surface area contributed by atoms with E-state index in [1.54, 1.807) is 0 Å². The number of hydrogen-bond donors (Lipinski definition) is 1. The SMILES string of the molecule is Cc1c2c(n(-c3ccccc3)c1C)NC(c1ccc(-n3c4ccccc4c4cccc(/C=C\N(C)c5ccccc5)c43)cc1)N=C2C#N. The van der Waals surface area contributed by atoms with Gasteiger partial charge < -0.3 is 19.4 Å². The molecular weight excluding hydrogens is 589 g/mol. The highest BCUT2D eigenvalue weighted by molar-refractivity contribution is 6.17. The standard InChI is InChI=1S/C42H34N6/c1-28-29(2)47(33-16-8-5-9-17-33)42-39(28)37(27-43)44-41(45-42)31-21-23-34(24-22-31)48-38-20-11-10-18-35(38)36-19-12-13-30(40(36)48)25-26-46(3)32-14-6-4-7-15-32/h4-26,41,45H,1-3H3/b26-25-. The van der Waals surface area contributed by atoms with E-state index in [9.17, 15) is 5.26 Å². The molecule has 0 bridgehead atoms. The zero-order valence-corrected chi connectivity index (χ0v) is 27.1. The van der Waals surface area contributed by atoms with Gasteiger partial charge in [-0.05, 0) is 73.5 Å². The van der Waals surface area contributed by atoms with Crippen LogP contribution >= 0.6 is 0 Å². The minimum atomic E-state index is -0.400. The van der Waals surface area contributed by atoms with E-state index in [-0.39, 0.29) is 0 Å². The van der Waals surface area contributed by atoms with E-state index in [0.717, 1.165) is 61.9 Å². The van der Waals surface area contributed by atoms with Crippen molar-refractivity contribution in [1.82, 2.24) is 9.13 Å². The summed E-state index contributed by atoms with van der Waals surface area (Å²) in [6.07, 6.45) is 3.91. The van der Waals surface area contributed by atoms with Crippen molar-refractivity contribution in [3.63, 3.8) is 0 Å². The van der Waals surface area contributed by atoms with Gasteiger partial charge in [0, 0.05) is 52.3 Å². The Kier molecular flexibility index (Phi) is 7.15. The van der Waals surface area contributed by atoms with Crippen LogP contribution in [0.15, 0.2) is 139 Å². The molecule has 232 valence electrons. The lowest BCUT2D eigenvalue weighted by molar-refractivity contribution is 0.810. The van der Waals surface area contributed by atoms with Gasteiger partial charge in [0.05, 0.1) is 16.6 Å². The van der Waals surface area contributed by atoms with Gasteiger partial charge in [-0.1, -0.05) is 84.9 Å². The zero-order valence-electron chi connectivity index (χ0n) is 27.1. The number of rotatable bonds is 6. The fraction of sp³-hybridized carbons (Fsp3) is 0.0952. The number of aliphatic imine (C=N–C) groups is 1. The Balaban J connectivity index is 1.20. The molecule has 0 amide bonds. The molecule has 1 aliphatic rings. The molecule has 1 unspecified atom stereocenters. The number of benzene rings is 5. The van der Waals surface area contributed by atoms with Crippen LogP contribution < -0.4 is 10.2 Å². The first-order chi connectivity index (χ1) is 23.5. The molecule has 3 heterocycles. The number of fused-ring (bicyclic) bond motifs is 4. The summed E-state index contributed by atoms with van der Waals surface area (Å²) >= 11 is 0. The van der Waals surface area contributed by atoms with Crippen molar-refractivity contribution in [2.24, 2.45) is 4.99 Å². The Morgan fingerprint density at radius 3 is 2.17 bits per heavy atom. The number of hydrogen-bond acceptors (Lipinski definition) is 4. The summed E-state index contributed by atoms with van der Waals surface area (Å²) in [7, 11) is 2.07. The van der Waals surface area contributed by atoms with E-state index in [2.05, 4.69) is 162 Å². The van der Waals surface area contributed by atoms with Gasteiger partial charge in [0.15, 0.2) is 0 Å². The Hall–Kier alpha value is -6.32. The maximum atomic E-state index is 10.2. The normalized spacial score (nSPS) is 14.1. The molecule has 1 aliphatic heterocycles. The Labute approximate surface area is 280 Å². The van der Waals surface area contributed by atoms with Gasteiger partial charge in [-0.15, -0.1) is 0 Å². The van der Waals surface area contributed by atoms with Crippen LogP contribution in [0.3, 0.4) is 0 Å². The molecule has 7 aromatic rings. The van der Waals surface area contributed by atoms with Crippen molar-refractivity contribution in [2.45, 2.75) is 20.0 Å². The molecule has 1 N–H and O–H groups in total. The van der Waals surface area contributed by atoms with E-state index < -0.39 is 6.17 Å². The third kappa shape index (κ3) is 4.76. The van der Waals surface area contributed by atoms with Gasteiger partial charge in [-0.25, -0.2) is 4.99 Å². The van der Waals surface area contributed by atoms with Crippen molar-refractivity contribution < 1.29 is 0 Å². The zero-order chi connectivity index (χ0) is 32.8. The number of nitriles is 1. The fourth-order valence-corrected chi connectivity index (χ4v) is 6.92. The first kappa shape index (κ1) is 29.1. The topological polar surface area (TPSA) is 61.3 Å². The lowest BCUT2D eigenvalue weighted by atomic mass is 10.0. The number of anilines is 2. The highest BCUT2D eigenvalue weighted by Gasteiger charge is 2.29. The lowest BCUT2D eigenvalue weighted by Crippen LogP contribution is -2.20. The molecule has 0 spiro atoms. The maximum Gasteiger partial charge on any atom is 0.149 e. The minimum absolute atomic E-state index is 0.400. The van der Waals surface area contributed by atoms with Crippen molar-refractivity contribution in [3.8, 4) is 17.4 Å². The summed E-state index contributed by atoms with van der Waals surface area (Å²) < 4.78 is 4.54. The van der Waals surface area contributed by atoms with Crippen LogP contribution in [-0.2, 0) is 0 Å². The number of aromatic nitrogens is 2. The van der Waals surface area contributed by atoms with Crippen molar-refractivity contribution in [1.29, 1.82) is 5.26 Å². The molecule has 0 fully saturated rings. The van der Waals surface area contributed by atoms with Crippen LogP contribution in [0.4, 0.5) is 11.5 Å². The summed E-state index contributed by atoms with van der Waals surface area (Å²) in [5.41, 5.74) is 11.1. The average Bonchev–Trinajstić information content (AvgIpc) is 3.62. The molecule has 0 radical (unpaired) electrons. The first-order valence-corrected chi connectivity index (χ1v) is 16.1. The van der Waals surface area contributed by atoms with Crippen LogP contribution in [0, 0.1) is 25.2 Å². The van der Waals surface area contributed by atoms with Gasteiger partial charge >= 0.3 is 0 Å². The van der Waals surface area contributed by atoms with Crippen LogP contribution in [0.5, 0.6) is 0 Å². The summed E-state index contributed by atoms with van der Waals surface area (Å²) in [6.45, 7) is 4.15. The van der Waals surface area contributed by atoms with E-state index in [1.165, 1.54) is 10.8 Å². The molecule has 6 heteroatoms. The maximum absolute atomic E-state index is 10.2. The summed E-state index contributed by atoms with van der Waals surface area (Å²) in [5, 5.41) is 16.3. The van der Waals surface area contributed by atoms with Crippen LogP contribution in [0.1, 0.15) is 34.1 Å². The van der Waals surface area contributed by atoms with Crippen molar-refractivity contribution in [3.05, 3.63) is 162 Å². The predicted octanol–water partition coefficient (Wildman–Crippen LogP) is 9.74. The molecule has 6 nitrogen and oxygen atoms in total.